The molecule has 3 aromatic rings. The van der Waals surface area contributed by atoms with Crippen molar-refractivity contribution in [1.82, 2.24) is 0 Å². The van der Waals surface area contributed by atoms with Crippen molar-refractivity contribution in [2.24, 2.45) is 0 Å². The van der Waals surface area contributed by atoms with Crippen LogP contribution in [0.1, 0.15) is 28.7 Å². The van der Waals surface area contributed by atoms with E-state index in [0.29, 0.717) is 23.5 Å². The van der Waals surface area contributed by atoms with Gasteiger partial charge in [-0.05, 0) is 49.1 Å². The van der Waals surface area contributed by atoms with Gasteiger partial charge >= 0.3 is 11.6 Å². The molecule has 1 aromatic heterocycles. The minimum atomic E-state index is -0.941. The van der Waals surface area contributed by atoms with Crippen molar-refractivity contribution in [2.45, 2.75) is 33.3 Å². The Morgan fingerprint density at radius 3 is 2.65 bits per heavy atom. The fourth-order valence-corrected chi connectivity index (χ4v) is 2.92. The molecule has 5 nitrogen and oxygen atoms in total. The summed E-state index contributed by atoms with van der Waals surface area (Å²) in [6.45, 7) is 4.27. The average molecular weight is 352 g/mol. The second kappa shape index (κ2) is 7.44. The van der Waals surface area contributed by atoms with Crippen LogP contribution in [0.2, 0.25) is 0 Å². The molecule has 0 amide bonds. The van der Waals surface area contributed by atoms with Crippen LogP contribution in [-0.2, 0) is 17.8 Å². The summed E-state index contributed by atoms with van der Waals surface area (Å²) in [5.74, 6) is -0.328. The Labute approximate surface area is 150 Å². The molecule has 0 aliphatic heterocycles. The van der Waals surface area contributed by atoms with Gasteiger partial charge < -0.3 is 14.3 Å². The highest BCUT2D eigenvalue weighted by Crippen LogP contribution is 2.25. The zero-order valence-electron chi connectivity index (χ0n) is 14.7. The first-order valence-corrected chi connectivity index (χ1v) is 8.41. The monoisotopic (exact) mass is 352 g/mol. The van der Waals surface area contributed by atoms with Crippen LogP contribution in [0.25, 0.3) is 11.0 Å². The number of rotatable bonds is 6. The molecule has 1 heterocycles. The summed E-state index contributed by atoms with van der Waals surface area (Å²) in [6.07, 6.45) is 0.0553. The van der Waals surface area contributed by atoms with Crippen molar-refractivity contribution in [3.63, 3.8) is 0 Å². The van der Waals surface area contributed by atoms with Gasteiger partial charge in [0, 0.05) is 23.4 Å². The number of ether oxygens (including phenoxy) is 1. The van der Waals surface area contributed by atoms with Crippen molar-refractivity contribution in [3.8, 4) is 5.75 Å². The molecule has 0 atom stereocenters. The van der Waals surface area contributed by atoms with Gasteiger partial charge in [0.1, 0.15) is 17.9 Å². The molecule has 0 aliphatic rings. The molecule has 1 N–H and O–H groups in total. The van der Waals surface area contributed by atoms with E-state index in [1.165, 1.54) is 0 Å². The fraction of sp³-hybridized carbons (Fsp3) is 0.238. The standard InChI is InChI=1S/C21H20O5/c1-13-5-3-4-6-15(13)12-25-16-7-8-17-14(2)18(9-10-20(22)23)21(24)26-19(17)11-16/h3-8,11H,9-10,12H2,1-2H3,(H,22,23). The van der Waals surface area contributed by atoms with E-state index in [9.17, 15) is 9.59 Å². The van der Waals surface area contributed by atoms with Gasteiger partial charge in [-0.25, -0.2) is 4.79 Å². The first kappa shape index (κ1) is 17.7. The first-order valence-electron chi connectivity index (χ1n) is 8.41. The van der Waals surface area contributed by atoms with Crippen LogP contribution in [-0.4, -0.2) is 11.1 Å². The van der Waals surface area contributed by atoms with Crippen LogP contribution in [0, 0.1) is 13.8 Å². The Kier molecular flexibility index (Phi) is 5.07. The Bertz CT molecular complexity index is 1020. The minimum Gasteiger partial charge on any atom is -0.489 e. The summed E-state index contributed by atoms with van der Waals surface area (Å²) in [7, 11) is 0. The molecule has 3 rings (SSSR count). The van der Waals surface area contributed by atoms with Gasteiger partial charge in [0.05, 0.1) is 0 Å². The zero-order chi connectivity index (χ0) is 18.7. The van der Waals surface area contributed by atoms with Gasteiger partial charge in [-0.2, -0.15) is 0 Å². The summed E-state index contributed by atoms with van der Waals surface area (Å²) in [5.41, 5.74) is 3.35. The zero-order valence-corrected chi connectivity index (χ0v) is 14.7. The van der Waals surface area contributed by atoms with Crippen LogP contribution in [0.3, 0.4) is 0 Å². The lowest BCUT2D eigenvalue weighted by Crippen LogP contribution is -2.12. The molecular formula is C21H20O5. The highest BCUT2D eigenvalue weighted by Gasteiger charge is 2.13. The van der Waals surface area contributed by atoms with Crippen LogP contribution in [0.5, 0.6) is 5.75 Å². The van der Waals surface area contributed by atoms with Gasteiger partial charge in [0.2, 0.25) is 0 Å². The molecule has 2 aromatic carbocycles. The number of aliphatic carboxylic acids is 1. The molecule has 26 heavy (non-hydrogen) atoms. The SMILES string of the molecule is Cc1ccccc1COc1ccc2c(C)c(CCC(=O)O)c(=O)oc2c1. The van der Waals surface area contributed by atoms with E-state index in [0.717, 1.165) is 22.1 Å². The van der Waals surface area contributed by atoms with E-state index in [-0.39, 0.29) is 12.8 Å². The van der Waals surface area contributed by atoms with E-state index in [4.69, 9.17) is 14.3 Å². The summed E-state index contributed by atoms with van der Waals surface area (Å²) in [5, 5.41) is 9.61. The van der Waals surface area contributed by atoms with Crippen LogP contribution < -0.4 is 10.4 Å². The molecule has 134 valence electrons. The summed E-state index contributed by atoms with van der Waals surface area (Å²) in [4.78, 5) is 23.0. The summed E-state index contributed by atoms with van der Waals surface area (Å²) < 4.78 is 11.2. The lowest BCUT2D eigenvalue weighted by atomic mass is 10.0. The normalized spacial score (nSPS) is 10.8. The minimum absolute atomic E-state index is 0.102. The predicted molar refractivity (Wildman–Crippen MR) is 98.7 cm³/mol. The topological polar surface area (TPSA) is 76.7 Å². The lowest BCUT2D eigenvalue weighted by Gasteiger charge is -2.11. The van der Waals surface area contributed by atoms with Crippen molar-refractivity contribution in [2.75, 3.05) is 0 Å². The van der Waals surface area contributed by atoms with Gasteiger partial charge in [0.15, 0.2) is 0 Å². The molecule has 0 fully saturated rings. The Morgan fingerprint density at radius 2 is 1.92 bits per heavy atom. The summed E-state index contributed by atoms with van der Waals surface area (Å²) >= 11 is 0. The van der Waals surface area contributed by atoms with Crippen molar-refractivity contribution >= 4 is 16.9 Å². The number of aryl methyl sites for hydroxylation is 2. The van der Waals surface area contributed by atoms with Gasteiger partial charge in [-0.1, -0.05) is 24.3 Å². The van der Waals surface area contributed by atoms with Crippen molar-refractivity contribution in [1.29, 1.82) is 0 Å². The van der Waals surface area contributed by atoms with E-state index in [1.54, 1.807) is 6.07 Å². The molecule has 0 saturated heterocycles. The largest absolute Gasteiger partial charge is 0.489 e. The van der Waals surface area contributed by atoms with Crippen LogP contribution in [0.15, 0.2) is 51.7 Å². The van der Waals surface area contributed by atoms with E-state index < -0.39 is 11.6 Å². The molecule has 0 saturated carbocycles. The van der Waals surface area contributed by atoms with E-state index >= 15 is 0 Å². The third kappa shape index (κ3) is 3.77. The number of benzene rings is 2. The highest BCUT2D eigenvalue weighted by atomic mass is 16.5. The first-order chi connectivity index (χ1) is 12.5. The fourth-order valence-electron chi connectivity index (χ4n) is 2.92. The number of carboxylic acids is 1. The van der Waals surface area contributed by atoms with E-state index in [1.807, 2.05) is 50.2 Å². The van der Waals surface area contributed by atoms with Gasteiger partial charge in [-0.3, -0.25) is 4.79 Å². The molecule has 0 bridgehead atoms. The van der Waals surface area contributed by atoms with E-state index in [2.05, 4.69) is 0 Å². The third-order valence-corrected chi connectivity index (χ3v) is 4.50. The van der Waals surface area contributed by atoms with Crippen molar-refractivity contribution < 1.29 is 19.1 Å². The molecule has 5 heteroatoms. The number of carboxylic acid groups (broad SMARTS) is 1. The van der Waals surface area contributed by atoms with Crippen molar-refractivity contribution in [3.05, 3.63) is 75.1 Å². The lowest BCUT2D eigenvalue weighted by molar-refractivity contribution is -0.136. The Morgan fingerprint density at radius 1 is 1.15 bits per heavy atom. The molecule has 0 spiro atoms. The third-order valence-electron chi connectivity index (χ3n) is 4.50. The quantitative estimate of drug-likeness (QED) is 0.678. The number of hydrogen-bond acceptors (Lipinski definition) is 4. The highest BCUT2D eigenvalue weighted by molar-refractivity contribution is 5.82. The Balaban J connectivity index is 1.87. The molecule has 0 aliphatic carbocycles. The second-order valence-electron chi connectivity index (χ2n) is 6.26. The maximum absolute atomic E-state index is 12.2. The van der Waals surface area contributed by atoms with Gasteiger partial charge in [-0.15, -0.1) is 0 Å². The second-order valence-corrected chi connectivity index (χ2v) is 6.26. The molecule has 0 radical (unpaired) electrons. The summed E-state index contributed by atoms with van der Waals surface area (Å²) in [6, 6.07) is 13.3. The Hall–Kier alpha value is -3.08. The number of hydrogen-bond donors (Lipinski definition) is 1. The van der Waals surface area contributed by atoms with Gasteiger partial charge in [0.25, 0.3) is 0 Å². The maximum Gasteiger partial charge on any atom is 0.339 e. The number of carbonyl (C=O) groups is 1. The maximum atomic E-state index is 12.2. The van der Waals surface area contributed by atoms with Crippen LogP contribution >= 0.6 is 0 Å². The predicted octanol–water partition coefficient (Wildman–Crippen LogP) is 4.01. The average Bonchev–Trinajstić information content (AvgIpc) is 2.60. The van der Waals surface area contributed by atoms with Crippen LogP contribution in [0.4, 0.5) is 0 Å². The molecule has 0 unspecified atom stereocenters. The molecular weight excluding hydrogens is 332 g/mol. The smallest absolute Gasteiger partial charge is 0.339 e. The number of fused-ring (bicyclic) bond motifs is 1.